The Morgan fingerprint density at radius 2 is 2.23 bits per heavy atom. The first kappa shape index (κ1) is 14.8. The minimum Gasteiger partial charge on any atom is -0.423 e. The van der Waals surface area contributed by atoms with Gasteiger partial charge in [0.15, 0.2) is 5.82 Å². The summed E-state index contributed by atoms with van der Waals surface area (Å²) in [6, 6.07) is 7.26. The zero-order chi connectivity index (χ0) is 15.9. The van der Waals surface area contributed by atoms with Crippen molar-refractivity contribution in [2.75, 3.05) is 5.32 Å². The molecule has 1 aromatic heterocycles. The van der Waals surface area contributed by atoms with E-state index in [1.165, 1.54) is 0 Å². The lowest BCUT2D eigenvalue weighted by molar-refractivity contribution is 0.102. The van der Waals surface area contributed by atoms with Crippen molar-refractivity contribution in [3.05, 3.63) is 41.1 Å². The summed E-state index contributed by atoms with van der Waals surface area (Å²) < 4.78 is 6.99. The summed E-state index contributed by atoms with van der Waals surface area (Å²) in [5.74, 6) is 0.267. The molecule has 0 radical (unpaired) electrons. The van der Waals surface area contributed by atoms with E-state index in [1.807, 2.05) is 31.5 Å². The number of fused-ring (bicyclic) bond motifs is 1. The molecule has 1 aromatic carbocycles. The molecule has 0 spiro atoms. The molecule has 2 heterocycles. The monoisotopic (exact) mass is 299 g/mol. The molecule has 0 fully saturated rings. The van der Waals surface area contributed by atoms with Crippen molar-refractivity contribution in [2.24, 2.45) is 0 Å². The molecule has 0 saturated heterocycles. The molecule has 3 rings (SSSR count). The van der Waals surface area contributed by atoms with Crippen LogP contribution < -0.4 is 10.8 Å². The van der Waals surface area contributed by atoms with Crippen molar-refractivity contribution in [3.63, 3.8) is 0 Å². The summed E-state index contributed by atoms with van der Waals surface area (Å²) in [6.45, 7) is 6.39. The first-order chi connectivity index (χ1) is 10.5. The molecule has 2 aromatic rings. The van der Waals surface area contributed by atoms with Crippen LogP contribution in [0.3, 0.4) is 0 Å². The number of carbonyl (C=O) groups is 1. The average Bonchev–Trinajstić information content (AvgIpc) is 3.02. The molecule has 2 N–H and O–H groups in total. The van der Waals surface area contributed by atoms with Crippen LogP contribution in [-0.2, 0) is 11.3 Å². The molecule has 0 unspecified atom stereocenters. The number of nitrogens with one attached hydrogen (secondary N) is 1. The van der Waals surface area contributed by atoms with Gasteiger partial charge in [-0.3, -0.25) is 9.48 Å². The average molecular weight is 299 g/mol. The first-order valence-corrected chi connectivity index (χ1v) is 7.25. The summed E-state index contributed by atoms with van der Waals surface area (Å²) in [6.07, 6.45) is 0. The Bertz CT molecular complexity index is 727. The third-order valence-electron chi connectivity index (χ3n) is 3.72. The fourth-order valence-corrected chi connectivity index (χ4v) is 2.62. The maximum absolute atomic E-state index is 12.3. The molecule has 7 heteroatoms. The third kappa shape index (κ3) is 2.65. The summed E-state index contributed by atoms with van der Waals surface area (Å²) in [4.78, 5) is 12.3. The van der Waals surface area contributed by atoms with Crippen LogP contribution in [0.1, 0.15) is 41.5 Å². The lowest BCUT2D eigenvalue weighted by Gasteiger charge is -2.07. The van der Waals surface area contributed by atoms with Crippen LogP contribution in [0.15, 0.2) is 24.3 Å². The Kier molecular flexibility index (Phi) is 3.76. The lowest BCUT2D eigenvalue weighted by Crippen LogP contribution is -2.29. The van der Waals surface area contributed by atoms with Crippen LogP contribution in [0.2, 0.25) is 0 Å². The van der Waals surface area contributed by atoms with E-state index in [4.69, 9.17) is 4.65 Å². The molecule has 0 bridgehead atoms. The van der Waals surface area contributed by atoms with Crippen molar-refractivity contribution < 1.29 is 14.5 Å². The number of aryl methyl sites for hydroxylation is 1. The van der Waals surface area contributed by atoms with Gasteiger partial charge in [-0.1, -0.05) is 6.07 Å². The van der Waals surface area contributed by atoms with Crippen molar-refractivity contribution in [1.29, 1.82) is 0 Å². The number of carbonyl (C=O) groups excluding carboxylic acids is 1. The zero-order valence-corrected chi connectivity index (χ0v) is 12.8. The minimum atomic E-state index is -0.954. The van der Waals surface area contributed by atoms with Crippen molar-refractivity contribution in [3.8, 4) is 0 Å². The number of rotatable bonds is 3. The largest absolute Gasteiger partial charge is 0.491 e. The Hall–Kier alpha value is -2.12. The quantitative estimate of drug-likeness (QED) is 0.836. The van der Waals surface area contributed by atoms with Gasteiger partial charge in [-0.2, -0.15) is 5.10 Å². The number of aromatic nitrogens is 2. The van der Waals surface area contributed by atoms with Crippen LogP contribution in [0, 0.1) is 6.92 Å². The second kappa shape index (κ2) is 5.59. The maximum atomic E-state index is 12.3. The van der Waals surface area contributed by atoms with Crippen molar-refractivity contribution in [2.45, 2.75) is 33.4 Å². The Morgan fingerprint density at radius 3 is 2.91 bits per heavy atom. The first-order valence-electron chi connectivity index (χ1n) is 7.25. The molecule has 0 atom stereocenters. The molecule has 22 heavy (non-hydrogen) atoms. The highest BCUT2D eigenvalue weighted by Gasteiger charge is 2.28. The number of nitrogens with zero attached hydrogens (tertiary/aromatic N) is 2. The van der Waals surface area contributed by atoms with Crippen LogP contribution in [0.4, 0.5) is 5.82 Å². The predicted molar refractivity (Wildman–Crippen MR) is 84.1 cm³/mol. The van der Waals surface area contributed by atoms with Gasteiger partial charge in [0, 0.05) is 23.4 Å². The van der Waals surface area contributed by atoms with Gasteiger partial charge in [-0.25, -0.2) is 0 Å². The van der Waals surface area contributed by atoms with Crippen molar-refractivity contribution in [1.82, 2.24) is 9.78 Å². The third-order valence-corrected chi connectivity index (χ3v) is 3.72. The van der Waals surface area contributed by atoms with E-state index >= 15 is 0 Å². The molecule has 1 amide bonds. The van der Waals surface area contributed by atoms with Crippen LogP contribution >= 0.6 is 0 Å². The molecular weight excluding hydrogens is 281 g/mol. The van der Waals surface area contributed by atoms with Crippen LogP contribution in [0.25, 0.3) is 0 Å². The van der Waals surface area contributed by atoms with E-state index < -0.39 is 7.12 Å². The smallest absolute Gasteiger partial charge is 0.423 e. The molecular formula is C15H18BN3O3. The van der Waals surface area contributed by atoms with Crippen LogP contribution in [0.5, 0.6) is 0 Å². The van der Waals surface area contributed by atoms with E-state index in [0.717, 1.165) is 11.3 Å². The maximum Gasteiger partial charge on any atom is 0.491 e. The molecule has 6 nitrogen and oxygen atoms in total. The molecule has 114 valence electrons. The summed E-state index contributed by atoms with van der Waals surface area (Å²) in [7, 11) is -0.954. The van der Waals surface area contributed by atoms with E-state index in [9.17, 15) is 9.82 Å². The Labute approximate surface area is 129 Å². The fourth-order valence-electron chi connectivity index (χ4n) is 2.62. The molecule has 0 saturated carbocycles. The highest BCUT2D eigenvalue weighted by atomic mass is 16.5. The lowest BCUT2D eigenvalue weighted by atomic mass is 9.79. The van der Waals surface area contributed by atoms with Gasteiger partial charge in [0.05, 0.1) is 6.61 Å². The topological polar surface area (TPSA) is 76.4 Å². The predicted octanol–water partition coefficient (Wildman–Crippen LogP) is 1.24. The van der Waals surface area contributed by atoms with Gasteiger partial charge in [-0.15, -0.1) is 0 Å². The second-order valence-corrected chi connectivity index (χ2v) is 5.74. The van der Waals surface area contributed by atoms with Gasteiger partial charge in [-0.05, 0) is 43.9 Å². The van der Waals surface area contributed by atoms with Crippen LogP contribution in [-0.4, -0.2) is 27.8 Å². The minimum absolute atomic E-state index is 0.234. The van der Waals surface area contributed by atoms with Gasteiger partial charge in [0.25, 0.3) is 5.91 Å². The summed E-state index contributed by atoms with van der Waals surface area (Å²) in [5, 5.41) is 16.9. The SMILES string of the molecule is Cc1cc(NC(=O)c2ccc3c(c2)B(O)OC3)nn1C(C)C. The van der Waals surface area contributed by atoms with Gasteiger partial charge >= 0.3 is 7.12 Å². The van der Waals surface area contributed by atoms with Crippen molar-refractivity contribution >= 4 is 24.3 Å². The van der Waals surface area contributed by atoms with Gasteiger partial charge in [0.1, 0.15) is 0 Å². The number of hydrogen-bond acceptors (Lipinski definition) is 4. The van der Waals surface area contributed by atoms with Gasteiger partial charge < -0.3 is 15.0 Å². The molecule has 1 aliphatic rings. The standard InChI is InChI=1S/C15H18BN3O3/c1-9(2)19-10(3)6-14(18-19)17-15(20)11-4-5-12-8-22-16(21)13(12)7-11/h4-7,9,21H,8H2,1-3H3,(H,17,18,20). The normalized spacial score (nSPS) is 13.6. The Balaban J connectivity index is 1.80. The number of anilines is 1. The van der Waals surface area contributed by atoms with E-state index in [1.54, 1.807) is 18.2 Å². The zero-order valence-electron chi connectivity index (χ0n) is 12.8. The second-order valence-electron chi connectivity index (χ2n) is 5.74. The molecule has 0 aliphatic carbocycles. The van der Waals surface area contributed by atoms with E-state index in [0.29, 0.717) is 23.5 Å². The van der Waals surface area contributed by atoms with E-state index in [2.05, 4.69) is 10.4 Å². The highest BCUT2D eigenvalue weighted by molar-refractivity contribution is 6.61. The highest BCUT2D eigenvalue weighted by Crippen LogP contribution is 2.16. The number of amides is 1. The van der Waals surface area contributed by atoms with E-state index in [-0.39, 0.29) is 11.9 Å². The number of benzene rings is 1. The fraction of sp³-hybridized carbons (Fsp3) is 0.333. The van der Waals surface area contributed by atoms with Gasteiger partial charge in [0.2, 0.25) is 0 Å². The summed E-state index contributed by atoms with van der Waals surface area (Å²) >= 11 is 0. The summed E-state index contributed by atoms with van der Waals surface area (Å²) in [5.41, 5.74) is 3.02. The molecule has 1 aliphatic heterocycles. The Morgan fingerprint density at radius 1 is 1.45 bits per heavy atom. The number of hydrogen-bond donors (Lipinski definition) is 2.